The Morgan fingerprint density at radius 2 is 1.60 bits per heavy atom. The Labute approximate surface area is 126 Å². The lowest BCUT2D eigenvalue weighted by molar-refractivity contribution is 0.0729. The fourth-order valence-corrected chi connectivity index (χ4v) is 2.80. The highest BCUT2D eigenvalue weighted by Crippen LogP contribution is 2.39. The third kappa shape index (κ3) is 6.42. The summed E-state index contributed by atoms with van der Waals surface area (Å²) in [6, 6.07) is 0. The zero-order chi connectivity index (χ0) is 16.1. The zero-order valence-corrected chi connectivity index (χ0v) is 15.6. The van der Waals surface area contributed by atoms with Gasteiger partial charge >= 0.3 is 0 Å². The molecule has 20 heavy (non-hydrogen) atoms. The maximum absolute atomic E-state index is 10.1. The molecule has 0 aromatic heterocycles. The van der Waals surface area contributed by atoms with Crippen LogP contribution in [0.25, 0.3) is 0 Å². The maximum atomic E-state index is 10.1. The lowest BCUT2D eigenvalue weighted by Crippen LogP contribution is -2.41. The fourth-order valence-electron chi connectivity index (χ4n) is 1.59. The second kappa shape index (κ2) is 7.62. The number of hydrogen-bond acceptors (Lipinski definition) is 3. The van der Waals surface area contributed by atoms with Gasteiger partial charge in [-0.1, -0.05) is 27.7 Å². The van der Waals surface area contributed by atoms with Gasteiger partial charge in [0.1, 0.15) is 0 Å². The molecule has 0 radical (unpaired) electrons. The lowest BCUT2D eigenvalue weighted by Gasteiger charge is -2.38. The van der Waals surface area contributed by atoms with Gasteiger partial charge in [-0.25, -0.2) is 0 Å². The van der Waals surface area contributed by atoms with Gasteiger partial charge in [0.25, 0.3) is 0 Å². The molecule has 0 heterocycles. The number of allylic oxidation sites excluding steroid dienone is 1. The summed E-state index contributed by atoms with van der Waals surface area (Å²) in [5.74, 6) is 0.896. The van der Waals surface area contributed by atoms with Gasteiger partial charge in [0.05, 0.1) is 18.0 Å². The topological polar surface area (TPSA) is 49.7 Å². The van der Waals surface area contributed by atoms with Crippen molar-refractivity contribution < 1.29 is 14.6 Å². The molecule has 0 amide bonds. The van der Waals surface area contributed by atoms with Crippen molar-refractivity contribution in [1.82, 2.24) is 0 Å². The van der Waals surface area contributed by atoms with Crippen LogP contribution in [0.4, 0.5) is 0 Å². The van der Waals surface area contributed by atoms with Crippen molar-refractivity contribution in [2.75, 3.05) is 0 Å². The first kappa shape index (κ1) is 19.7. The molecule has 0 aliphatic carbocycles. The van der Waals surface area contributed by atoms with Crippen molar-refractivity contribution in [3.63, 3.8) is 0 Å². The Morgan fingerprint density at radius 3 is 1.95 bits per heavy atom. The Bertz CT molecular complexity index is 325. The van der Waals surface area contributed by atoms with Gasteiger partial charge < -0.3 is 14.6 Å². The predicted octanol–water partition coefficient (Wildman–Crippen LogP) is 4.21. The van der Waals surface area contributed by atoms with Gasteiger partial charge in [0, 0.05) is 6.42 Å². The van der Waals surface area contributed by atoms with Crippen molar-refractivity contribution in [3.8, 4) is 0 Å². The second-order valence-corrected chi connectivity index (χ2v) is 12.2. The predicted molar refractivity (Wildman–Crippen MR) is 88.2 cm³/mol. The molecule has 120 valence electrons. The maximum Gasteiger partial charge on any atom is 0.250 e. The van der Waals surface area contributed by atoms with Gasteiger partial charge in [-0.3, -0.25) is 0 Å². The molecule has 0 aromatic carbocycles. The Balaban J connectivity index is 4.83. The van der Waals surface area contributed by atoms with Gasteiger partial charge in [0.2, 0.25) is 8.32 Å². The molecule has 0 saturated carbocycles. The molecule has 0 unspecified atom stereocenters. The van der Waals surface area contributed by atoms with E-state index in [1.54, 1.807) is 0 Å². The lowest BCUT2D eigenvalue weighted by atomic mass is 10.0. The molecule has 0 rings (SSSR count). The van der Waals surface area contributed by atoms with Crippen LogP contribution in [0.1, 0.15) is 60.8 Å². The highest BCUT2D eigenvalue weighted by Gasteiger charge is 2.39. The van der Waals surface area contributed by atoms with Crippen molar-refractivity contribution in [2.24, 2.45) is 0 Å². The molecular weight excluding hydrogens is 268 g/mol. The van der Waals surface area contributed by atoms with Crippen LogP contribution in [-0.4, -0.2) is 30.7 Å². The molecule has 0 saturated heterocycles. The zero-order valence-electron chi connectivity index (χ0n) is 14.6. The molecule has 4 heteroatoms. The normalized spacial score (nSPS) is 15.7. The summed E-state index contributed by atoms with van der Waals surface area (Å²) in [5.41, 5.74) is 1.11. The first-order chi connectivity index (χ1) is 8.90. The standard InChI is InChI=1S/C16H34O3Si/c1-9-13(17)10-14(18)11-15(12(2)3)19-20(7,8)16(4,5)6/h13-14,17-18H,9-11H2,1-8H3/t13-,14-/m1/s1. The molecule has 0 bridgehead atoms. The first-order valence-electron chi connectivity index (χ1n) is 7.62. The van der Waals surface area contributed by atoms with E-state index in [4.69, 9.17) is 4.43 Å². The van der Waals surface area contributed by atoms with Crippen LogP contribution in [0.5, 0.6) is 0 Å². The molecule has 0 aliphatic rings. The summed E-state index contributed by atoms with van der Waals surface area (Å²) in [4.78, 5) is 0. The third-order valence-electron chi connectivity index (χ3n) is 4.18. The van der Waals surface area contributed by atoms with E-state index in [2.05, 4.69) is 33.9 Å². The highest BCUT2D eigenvalue weighted by atomic mass is 28.4. The van der Waals surface area contributed by atoms with Gasteiger partial charge in [0.15, 0.2) is 0 Å². The van der Waals surface area contributed by atoms with Gasteiger partial charge in [-0.2, -0.15) is 0 Å². The van der Waals surface area contributed by atoms with Crippen molar-refractivity contribution in [2.45, 2.75) is 91.1 Å². The minimum absolute atomic E-state index is 0.140. The molecule has 0 spiro atoms. The van der Waals surface area contributed by atoms with Crippen LogP contribution in [0.15, 0.2) is 11.3 Å². The summed E-state index contributed by atoms with van der Waals surface area (Å²) in [6.07, 6.45) is 0.598. The SMILES string of the molecule is CC[C@@H](O)C[C@@H](O)CC(O[Si](C)(C)C(C)(C)C)=C(C)C. The molecular formula is C16H34O3Si. The van der Waals surface area contributed by atoms with Crippen LogP contribution < -0.4 is 0 Å². The smallest absolute Gasteiger partial charge is 0.250 e. The van der Waals surface area contributed by atoms with E-state index in [-0.39, 0.29) is 5.04 Å². The molecule has 2 N–H and O–H groups in total. The second-order valence-electron chi connectivity index (χ2n) is 7.44. The fraction of sp³-hybridized carbons (Fsp3) is 0.875. The van der Waals surface area contributed by atoms with E-state index in [1.165, 1.54) is 0 Å². The summed E-state index contributed by atoms with van der Waals surface area (Å²) in [7, 11) is -1.88. The summed E-state index contributed by atoms with van der Waals surface area (Å²) in [6.45, 7) is 17.0. The monoisotopic (exact) mass is 302 g/mol. The van der Waals surface area contributed by atoms with E-state index in [0.717, 1.165) is 11.3 Å². The summed E-state index contributed by atoms with van der Waals surface area (Å²) < 4.78 is 6.33. The number of aliphatic hydroxyl groups excluding tert-OH is 2. The average molecular weight is 303 g/mol. The van der Waals surface area contributed by atoms with E-state index < -0.39 is 20.5 Å². The first-order valence-corrected chi connectivity index (χ1v) is 10.5. The van der Waals surface area contributed by atoms with E-state index in [0.29, 0.717) is 19.3 Å². The minimum atomic E-state index is -1.88. The number of hydrogen-bond donors (Lipinski definition) is 2. The molecule has 0 aliphatic heterocycles. The van der Waals surface area contributed by atoms with E-state index >= 15 is 0 Å². The van der Waals surface area contributed by atoms with E-state index in [9.17, 15) is 10.2 Å². The Morgan fingerprint density at radius 1 is 1.10 bits per heavy atom. The Kier molecular flexibility index (Phi) is 7.50. The van der Waals surface area contributed by atoms with Gasteiger partial charge in [-0.15, -0.1) is 0 Å². The molecule has 0 aromatic rings. The quantitative estimate of drug-likeness (QED) is 0.547. The molecule has 3 nitrogen and oxygen atoms in total. The number of aliphatic hydroxyl groups is 2. The van der Waals surface area contributed by atoms with Crippen molar-refractivity contribution >= 4 is 8.32 Å². The van der Waals surface area contributed by atoms with Crippen LogP contribution in [0.2, 0.25) is 18.1 Å². The van der Waals surface area contributed by atoms with Crippen LogP contribution in [-0.2, 0) is 4.43 Å². The van der Waals surface area contributed by atoms with E-state index in [1.807, 2.05) is 20.8 Å². The van der Waals surface area contributed by atoms with Crippen LogP contribution in [0, 0.1) is 0 Å². The average Bonchev–Trinajstić information content (AvgIpc) is 2.25. The van der Waals surface area contributed by atoms with Crippen molar-refractivity contribution in [1.29, 1.82) is 0 Å². The third-order valence-corrected chi connectivity index (χ3v) is 8.55. The van der Waals surface area contributed by atoms with Crippen LogP contribution >= 0.6 is 0 Å². The summed E-state index contributed by atoms with van der Waals surface area (Å²) in [5, 5.41) is 19.9. The van der Waals surface area contributed by atoms with Crippen molar-refractivity contribution in [3.05, 3.63) is 11.3 Å². The molecule has 2 atom stereocenters. The highest BCUT2D eigenvalue weighted by molar-refractivity contribution is 6.74. The number of rotatable bonds is 7. The summed E-state index contributed by atoms with van der Waals surface area (Å²) >= 11 is 0. The minimum Gasteiger partial charge on any atom is -0.546 e. The molecule has 0 fully saturated rings. The van der Waals surface area contributed by atoms with Gasteiger partial charge in [-0.05, 0) is 50.4 Å². The van der Waals surface area contributed by atoms with Crippen LogP contribution in [0.3, 0.4) is 0 Å². The largest absolute Gasteiger partial charge is 0.546 e. The Hall–Kier alpha value is -0.323.